The Morgan fingerprint density at radius 2 is 0.810 bits per heavy atom. The smallest absolute Gasteiger partial charge is 0.164 e. The first-order chi connectivity index (χ1) is 31.2. The Labute approximate surface area is 361 Å². The van der Waals surface area contributed by atoms with Gasteiger partial charge in [-0.15, -0.1) is 0 Å². The molecule has 0 saturated heterocycles. The van der Waals surface area contributed by atoms with Gasteiger partial charge in [0.15, 0.2) is 17.5 Å². The van der Waals surface area contributed by atoms with Crippen molar-refractivity contribution < 1.29 is 4.42 Å². The molecule has 4 heterocycles. The van der Waals surface area contributed by atoms with Crippen LogP contribution in [0.5, 0.6) is 0 Å². The van der Waals surface area contributed by atoms with Gasteiger partial charge in [0.2, 0.25) is 0 Å². The summed E-state index contributed by atoms with van der Waals surface area (Å²) in [6, 6.07) is 74.4. The van der Waals surface area contributed by atoms with Crippen molar-refractivity contribution in [1.29, 1.82) is 0 Å². The largest absolute Gasteiger partial charge is 0.456 e. The van der Waals surface area contributed by atoms with E-state index >= 15 is 0 Å². The van der Waals surface area contributed by atoms with Crippen LogP contribution in [0.4, 0.5) is 0 Å². The molecule has 6 nitrogen and oxygen atoms in total. The van der Waals surface area contributed by atoms with Crippen LogP contribution < -0.4 is 0 Å². The van der Waals surface area contributed by atoms with E-state index in [0.29, 0.717) is 17.5 Å². The third kappa shape index (κ3) is 5.62. The van der Waals surface area contributed by atoms with E-state index in [1.54, 1.807) is 0 Å². The maximum atomic E-state index is 6.97. The first-order valence-corrected chi connectivity index (χ1v) is 21.2. The molecule has 0 bridgehead atoms. The fourth-order valence-corrected chi connectivity index (χ4v) is 9.50. The Morgan fingerprint density at radius 1 is 0.302 bits per heavy atom. The van der Waals surface area contributed by atoms with E-state index in [4.69, 9.17) is 19.4 Å². The molecule has 0 unspecified atom stereocenters. The predicted octanol–water partition coefficient (Wildman–Crippen LogP) is 14.6. The van der Waals surface area contributed by atoms with E-state index in [9.17, 15) is 0 Å². The van der Waals surface area contributed by atoms with E-state index in [1.807, 2.05) is 66.7 Å². The van der Waals surface area contributed by atoms with Gasteiger partial charge in [0, 0.05) is 66.4 Å². The van der Waals surface area contributed by atoms with Gasteiger partial charge in [0.05, 0.1) is 22.1 Å². The predicted molar refractivity (Wildman–Crippen MR) is 258 cm³/mol. The Balaban J connectivity index is 1.07. The SMILES string of the molecule is c1ccc(-c2cc(-c3nc(-c4ccccc4)nc(-c4ccccc4)n3)c3c(c2)oc2cc(-n4c5ccccc5c5cc6c7ccccc7n(-c7ccccc7)c6cc54)ccc23)cc1. The van der Waals surface area contributed by atoms with Crippen LogP contribution in [0, 0.1) is 0 Å². The fraction of sp³-hybridized carbons (Fsp3) is 0. The minimum absolute atomic E-state index is 0.581. The van der Waals surface area contributed by atoms with Crippen LogP contribution >= 0.6 is 0 Å². The summed E-state index contributed by atoms with van der Waals surface area (Å²) in [7, 11) is 0. The Bertz CT molecular complexity index is 3830. The van der Waals surface area contributed by atoms with Gasteiger partial charge in [0.1, 0.15) is 11.2 Å². The van der Waals surface area contributed by atoms with Crippen LogP contribution in [-0.4, -0.2) is 24.1 Å². The molecular formula is C57H35N5O. The summed E-state index contributed by atoms with van der Waals surface area (Å²) in [5.74, 6) is 1.80. The van der Waals surface area contributed by atoms with Crippen molar-refractivity contribution in [3.63, 3.8) is 0 Å². The number of nitrogens with zero attached hydrogens (tertiary/aromatic N) is 5. The van der Waals surface area contributed by atoms with Crippen molar-refractivity contribution in [1.82, 2.24) is 24.1 Å². The van der Waals surface area contributed by atoms with E-state index in [2.05, 4.69) is 155 Å². The van der Waals surface area contributed by atoms with E-state index in [0.717, 1.165) is 77.7 Å². The van der Waals surface area contributed by atoms with E-state index in [1.165, 1.54) is 27.1 Å². The number of benzene rings is 9. The molecule has 0 N–H and O–H groups in total. The molecule has 13 rings (SSSR count). The lowest BCUT2D eigenvalue weighted by Gasteiger charge is -2.11. The highest BCUT2D eigenvalue weighted by atomic mass is 16.3. The van der Waals surface area contributed by atoms with Gasteiger partial charge in [-0.25, -0.2) is 15.0 Å². The van der Waals surface area contributed by atoms with Gasteiger partial charge in [-0.1, -0.05) is 146 Å². The number of fused-ring (bicyclic) bond motifs is 9. The molecule has 4 aromatic heterocycles. The second-order valence-electron chi connectivity index (χ2n) is 16.0. The van der Waals surface area contributed by atoms with Gasteiger partial charge in [0.25, 0.3) is 0 Å². The second-order valence-corrected chi connectivity index (χ2v) is 16.0. The number of rotatable bonds is 6. The Morgan fingerprint density at radius 3 is 1.41 bits per heavy atom. The summed E-state index contributed by atoms with van der Waals surface area (Å²) in [4.78, 5) is 15.4. The molecule has 0 fully saturated rings. The lowest BCUT2D eigenvalue weighted by molar-refractivity contribution is 0.669. The van der Waals surface area contributed by atoms with Crippen LogP contribution in [-0.2, 0) is 0 Å². The highest BCUT2D eigenvalue weighted by Gasteiger charge is 2.22. The van der Waals surface area contributed by atoms with Crippen LogP contribution in [0.1, 0.15) is 0 Å². The molecule has 9 aromatic carbocycles. The number of hydrogen-bond donors (Lipinski definition) is 0. The number of aromatic nitrogens is 5. The van der Waals surface area contributed by atoms with Crippen molar-refractivity contribution in [2.45, 2.75) is 0 Å². The van der Waals surface area contributed by atoms with Crippen molar-refractivity contribution in [3.8, 4) is 56.7 Å². The Hall–Kier alpha value is -8.61. The van der Waals surface area contributed by atoms with E-state index in [-0.39, 0.29) is 0 Å². The lowest BCUT2D eigenvalue weighted by Crippen LogP contribution is -2.00. The minimum atomic E-state index is 0.581. The quantitative estimate of drug-likeness (QED) is 0.168. The van der Waals surface area contributed by atoms with Crippen molar-refractivity contribution in [2.24, 2.45) is 0 Å². The monoisotopic (exact) mass is 805 g/mol. The van der Waals surface area contributed by atoms with Crippen LogP contribution in [0.25, 0.3) is 122 Å². The molecule has 6 heteroatoms. The summed E-state index contributed by atoms with van der Waals surface area (Å²) in [6.07, 6.45) is 0. The summed E-state index contributed by atoms with van der Waals surface area (Å²) < 4.78 is 11.7. The average Bonchev–Trinajstić information content (AvgIpc) is 4.00. The number of para-hydroxylation sites is 3. The van der Waals surface area contributed by atoms with Gasteiger partial charge in [-0.3, -0.25) is 0 Å². The molecule has 13 aromatic rings. The molecule has 0 spiro atoms. The molecule has 0 atom stereocenters. The summed E-state index contributed by atoms with van der Waals surface area (Å²) in [6.45, 7) is 0. The van der Waals surface area contributed by atoms with Gasteiger partial charge >= 0.3 is 0 Å². The van der Waals surface area contributed by atoms with Gasteiger partial charge in [-0.2, -0.15) is 0 Å². The molecule has 0 aliphatic heterocycles. The first kappa shape index (κ1) is 35.2. The maximum absolute atomic E-state index is 6.97. The number of hydrogen-bond acceptors (Lipinski definition) is 4. The molecule has 0 aliphatic rings. The highest BCUT2D eigenvalue weighted by Crippen LogP contribution is 2.43. The fourth-order valence-electron chi connectivity index (χ4n) is 9.50. The molecular weight excluding hydrogens is 771 g/mol. The van der Waals surface area contributed by atoms with Crippen LogP contribution in [0.15, 0.2) is 217 Å². The Kier molecular flexibility index (Phi) is 7.80. The van der Waals surface area contributed by atoms with Gasteiger partial charge in [-0.05, 0) is 71.8 Å². The van der Waals surface area contributed by atoms with Crippen molar-refractivity contribution in [2.75, 3.05) is 0 Å². The van der Waals surface area contributed by atoms with Crippen molar-refractivity contribution >= 4 is 65.6 Å². The topological polar surface area (TPSA) is 61.7 Å². The molecule has 294 valence electrons. The first-order valence-electron chi connectivity index (χ1n) is 21.2. The molecule has 63 heavy (non-hydrogen) atoms. The third-order valence-corrected chi connectivity index (χ3v) is 12.3. The molecule has 0 radical (unpaired) electrons. The van der Waals surface area contributed by atoms with Crippen LogP contribution in [0.3, 0.4) is 0 Å². The number of furan rings is 1. The van der Waals surface area contributed by atoms with Crippen molar-refractivity contribution in [3.05, 3.63) is 212 Å². The zero-order chi connectivity index (χ0) is 41.4. The summed E-state index contributed by atoms with van der Waals surface area (Å²) in [5.41, 5.74) is 13.1. The second kappa shape index (κ2) is 14.0. The summed E-state index contributed by atoms with van der Waals surface area (Å²) in [5, 5.41) is 6.80. The summed E-state index contributed by atoms with van der Waals surface area (Å²) >= 11 is 0. The maximum Gasteiger partial charge on any atom is 0.164 e. The zero-order valence-electron chi connectivity index (χ0n) is 33.9. The lowest BCUT2D eigenvalue weighted by atomic mass is 9.98. The molecule has 0 aliphatic carbocycles. The highest BCUT2D eigenvalue weighted by molar-refractivity contribution is 6.19. The van der Waals surface area contributed by atoms with Gasteiger partial charge < -0.3 is 13.6 Å². The normalized spacial score (nSPS) is 11.8. The van der Waals surface area contributed by atoms with Crippen LogP contribution in [0.2, 0.25) is 0 Å². The minimum Gasteiger partial charge on any atom is -0.456 e. The standard InChI is InChI=1S/C57H35N5O/c1-5-17-36(18-6-1)39-31-47(57-59-55(37-19-7-2-8-20-37)58-56(60-57)38-21-9-3-10-22-38)54-44-30-29-41(33-52(44)63-53(54)32-39)62-49-28-16-14-26-43(49)46-34-45-42-25-13-15-27-48(42)61(50(45)35-51(46)62)40-23-11-4-12-24-40/h1-35H. The molecule has 0 saturated carbocycles. The average molecular weight is 806 g/mol. The van der Waals surface area contributed by atoms with E-state index < -0.39 is 0 Å². The third-order valence-electron chi connectivity index (χ3n) is 12.3. The zero-order valence-corrected chi connectivity index (χ0v) is 33.9. The molecule has 0 amide bonds.